The molecule has 0 bridgehead atoms. The lowest BCUT2D eigenvalue weighted by atomic mass is 10.1. The summed E-state index contributed by atoms with van der Waals surface area (Å²) in [6, 6.07) is 17.2. The lowest BCUT2D eigenvalue weighted by Gasteiger charge is -2.08. The maximum absolute atomic E-state index is 9.28. The molecular weight excluding hydrogens is 344 g/mol. The number of benzene rings is 2. The summed E-state index contributed by atoms with van der Waals surface area (Å²) in [6.07, 6.45) is 0. The van der Waals surface area contributed by atoms with E-state index in [1.165, 1.54) is 0 Å². The highest BCUT2D eigenvalue weighted by atomic mass is 79.9. The van der Waals surface area contributed by atoms with Crippen molar-refractivity contribution in [3.63, 3.8) is 0 Å². The lowest BCUT2D eigenvalue weighted by molar-refractivity contribution is 0.414. The first-order valence-electron chi connectivity index (χ1n) is 6.49. The molecule has 3 rings (SSSR count). The summed E-state index contributed by atoms with van der Waals surface area (Å²) in [7, 11) is 1.62. The molecule has 5 nitrogen and oxygen atoms in total. The third-order valence-electron chi connectivity index (χ3n) is 3.21. The van der Waals surface area contributed by atoms with E-state index >= 15 is 0 Å². The Morgan fingerprint density at radius 1 is 1.09 bits per heavy atom. The van der Waals surface area contributed by atoms with Crippen LogP contribution in [-0.4, -0.2) is 22.1 Å². The molecular formula is C16H11BrN4O. The van der Waals surface area contributed by atoms with Crippen molar-refractivity contribution >= 4 is 15.9 Å². The molecule has 0 N–H and O–H groups in total. The summed E-state index contributed by atoms with van der Waals surface area (Å²) in [5.41, 5.74) is 2.64. The Bertz CT molecular complexity index is 832. The zero-order valence-electron chi connectivity index (χ0n) is 11.7. The zero-order chi connectivity index (χ0) is 15.5. The maximum Gasteiger partial charge on any atom is 0.191 e. The van der Waals surface area contributed by atoms with Gasteiger partial charge in [-0.1, -0.05) is 33.3 Å². The van der Waals surface area contributed by atoms with Crippen LogP contribution < -0.4 is 4.74 Å². The fourth-order valence-electron chi connectivity index (χ4n) is 2.13. The minimum Gasteiger partial charge on any atom is -0.497 e. The smallest absolute Gasteiger partial charge is 0.191 e. The largest absolute Gasteiger partial charge is 0.497 e. The second-order valence-corrected chi connectivity index (χ2v) is 5.43. The molecule has 1 aromatic heterocycles. The van der Waals surface area contributed by atoms with E-state index in [9.17, 15) is 5.26 Å². The minimum atomic E-state index is 0.290. The molecule has 2 aromatic carbocycles. The van der Waals surface area contributed by atoms with Crippen molar-refractivity contribution in [2.24, 2.45) is 0 Å². The number of nitriles is 1. The maximum atomic E-state index is 9.28. The Hall–Kier alpha value is -2.65. The molecule has 0 aliphatic rings. The number of methoxy groups -OCH3 is 1. The molecule has 108 valence electrons. The van der Waals surface area contributed by atoms with Gasteiger partial charge in [-0.2, -0.15) is 5.26 Å². The van der Waals surface area contributed by atoms with Gasteiger partial charge in [-0.15, -0.1) is 5.10 Å². The predicted octanol–water partition coefficient (Wildman–Crippen LogP) is 3.58. The second kappa shape index (κ2) is 6.00. The van der Waals surface area contributed by atoms with Crippen LogP contribution in [-0.2, 0) is 0 Å². The molecule has 0 saturated heterocycles. The fourth-order valence-corrected chi connectivity index (χ4v) is 2.39. The van der Waals surface area contributed by atoms with E-state index in [2.05, 4.69) is 32.3 Å². The SMILES string of the molecule is COc1ccc(-n2nnc(C#N)c2-c2ccc(Br)cc2)cc1. The van der Waals surface area contributed by atoms with E-state index in [4.69, 9.17) is 4.74 Å². The Balaban J connectivity index is 2.14. The number of hydrogen-bond acceptors (Lipinski definition) is 4. The number of halogens is 1. The van der Waals surface area contributed by atoms with Crippen molar-refractivity contribution in [3.8, 4) is 28.8 Å². The van der Waals surface area contributed by atoms with Crippen LogP contribution in [0.4, 0.5) is 0 Å². The first-order valence-corrected chi connectivity index (χ1v) is 7.28. The average molecular weight is 355 g/mol. The van der Waals surface area contributed by atoms with Gasteiger partial charge in [0, 0.05) is 10.0 Å². The number of nitrogens with zero attached hydrogens (tertiary/aromatic N) is 4. The molecule has 0 saturated carbocycles. The van der Waals surface area contributed by atoms with Crippen molar-refractivity contribution in [1.82, 2.24) is 15.0 Å². The Morgan fingerprint density at radius 3 is 2.36 bits per heavy atom. The van der Waals surface area contributed by atoms with Gasteiger partial charge in [0.1, 0.15) is 17.5 Å². The molecule has 0 spiro atoms. The van der Waals surface area contributed by atoms with Gasteiger partial charge in [0.25, 0.3) is 0 Å². The van der Waals surface area contributed by atoms with Crippen LogP contribution in [0.15, 0.2) is 53.0 Å². The molecule has 0 radical (unpaired) electrons. The van der Waals surface area contributed by atoms with Crippen molar-refractivity contribution in [3.05, 3.63) is 58.7 Å². The first kappa shape index (κ1) is 14.3. The molecule has 0 aliphatic heterocycles. The molecule has 0 aliphatic carbocycles. The quantitative estimate of drug-likeness (QED) is 0.721. The highest BCUT2D eigenvalue weighted by Crippen LogP contribution is 2.27. The Kier molecular flexibility index (Phi) is 3.90. The number of hydrogen-bond donors (Lipinski definition) is 0. The highest BCUT2D eigenvalue weighted by Gasteiger charge is 2.16. The number of aromatic nitrogens is 3. The van der Waals surface area contributed by atoms with Gasteiger partial charge in [-0.05, 0) is 36.4 Å². The van der Waals surface area contributed by atoms with Gasteiger partial charge in [-0.3, -0.25) is 0 Å². The van der Waals surface area contributed by atoms with E-state index in [-0.39, 0.29) is 5.69 Å². The molecule has 3 aromatic rings. The molecule has 0 atom stereocenters. The third kappa shape index (κ3) is 2.59. The minimum absolute atomic E-state index is 0.290. The van der Waals surface area contributed by atoms with Crippen molar-refractivity contribution in [1.29, 1.82) is 5.26 Å². The molecule has 0 amide bonds. The molecule has 0 fully saturated rings. The summed E-state index contributed by atoms with van der Waals surface area (Å²) in [5, 5.41) is 17.3. The monoisotopic (exact) mass is 354 g/mol. The van der Waals surface area contributed by atoms with Crippen LogP contribution in [0.2, 0.25) is 0 Å². The molecule has 1 heterocycles. The van der Waals surface area contributed by atoms with Crippen LogP contribution in [0.25, 0.3) is 16.9 Å². The molecule has 22 heavy (non-hydrogen) atoms. The number of ether oxygens (including phenoxy) is 1. The summed E-state index contributed by atoms with van der Waals surface area (Å²) >= 11 is 3.41. The Labute approximate surface area is 135 Å². The molecule has 6 heteroatoms. The van der Waals surface area contributed by atoms with Crippen LogP contribution >= 0.6 is 15.9 Å². The number of rotatable bonds is 3. The van der Waals surface area contributed by atoms with Crippen LogP contribution in [0, 0.1) is 11.3 Å². The van der Waals surface area contributed by atoms with Crippen LogP contribution in [0.3, 0.4) is 0 Å². The van der Waals surface area contributed by atoms with Gasteiger partial charge in [0.2, 0.25) is 0 Å². The average Bonchev–Trinajstić information content (AvgIpc) is 2.99. The van der Waals surface area contributed by atoms with E-state index < -0.39 is 0 Å². The van der Waals surface area contributed by atoms with Gasteiger partial charge in [0.15, 0.2) is 5.69 Å². The highest BCUT2D eigenvalue weighted by molar-refractivity contribution is 9.10. The summed E-state index contributed by atoms with van der Waals surface area (Å²) in [5.74, 6) is 0.759. The zero-order valence-corrected chi connectivity index (χ0v) is 13.3. The summed E-state index contributed by atoms with van der Waals surface area (Å²) in [4.78, 5) is 0. The fraction of sp³-hybridized carbons (Fsp3) is 0.0625. The van der Waals surface area contributed by atoms with E-state index in [1.54, 1.807) is 11.8 Å². The second-order valence-electron chi connectivity index (χ2n) is 4.52. The lowest BCUT2D eigenvalue weighted by Crippen LogP contribution is -1.99. The van der Waals surface area contributed by atoms with Crippen LogP contribution in [0.5, 0.6) is 5.75 Å². The van der Waals surface area contributed by atoms with E-state index in [0.29, 0.717) is 5.69 Å². The van der Waals surface area contributed by atoms with E-state index in [0.717, 1.165) is 21.5 Å². The standard InChI is InChI=1S/C16H11BrN4O/c1-22-14-8-6-13(7-9-14)21-16(15(10-18)19-20-21)11-2-4-12(17)5-3-11/h2-9H,1H3. The van der Waals surface area contributed by atoms with Crippen molar-refractivity contribution in [2.45, 2.75) is 0 Å². The van der Waals surface area contributed by atoms with Crippen LogP contribution in [0.1, 0.15) is 5.69 Å². The van der Waals surface area contributed by atoms with Gasteiger partial charge < -0.3 is 4.74 Å². The van der Waals surface area contributed by atoms with E-state index in [1.807, 2.05) is 48.5 Å². The predicted molar refractivity (Wildman–Crippen MR) is 85.8 cm³/mol. The first-order chi connectivity index (χ1) is 10.7. The Morgan fingerprint density at radius 2 is 1.77 bits per heavy atom. The van der Waals surface area contributed by atoms with Gasteiger partial charge >= 0.3 is 0 Å². The van der Waals surface area contributed by atoms with Gasteiger partial charge in [0.05, 0.1) is 12.8 Å². The van der Waals surface area contributed by atoms with Crippen molar-refractivity contribution < 1.29 is 4.74 Å². The van der Waals surface area contributed by atoms with Crippen molar-refractivity contribution in [2.75, 3.05) is 7.11 Å². The normalized spacial score (nSPS) is 10.2. The third-order valence-corrected chi connectivity index (χ3v) is 3.74. The topological polar surface area (TPSA) is 63.7 Å². The van der Waals surface area contributed by atoms with Gasteiger partial charge in [-0.25, -0.2) is 4.68 Å². The summed E-state index contributed by atoms with van der Waals surface area (Å²) < 4.78 is 7.78. The molecule has 0 unspecified atom stereocenters. The summed E-state index contributed by atoms with van der Waals surface area (Å²) in [6.45, 7) is 0.